The minimum absolute atomic E-state index is 0.0387. The van der Waals surface area contributed by atoms with Crippen molar-refractivity contribution < 1.29 is 40.6 Å². The molecular weight excluding hydrogens is 453 g/mol. The van der Waals surface area contributed by atoms with Crippen LogP contribution in [0.3, 0.4) is 0 Å². The second-order valence-corrected chi connectivity index (χ2v) is 7.38. The normalized spacial score (nSPS) is 12.1. The molecule has 0 aliphatic carbocycles. The van der Waals surface area contributed by atoms with E-state index in [4.69, 9.17) is 0 Å². The standard InChI is InChI=1S/C24H19F7O2/c1-2-3-4-14-5-7-15(8-6-14)20-19(32)13-18(25)21(22(20)26)24(30,31)33-17-11-9-16(10-12-17)23(27,28)29/h5-13,32H,2-4H2,1H3. The maximum atomic E-state index is 15.1. The lowest BCUT2D eigenvalue weighted by Crippen LogP contribution is -2.25. The Balaban J connectivity index is 1.97. The molecule has 0 aromatic heterocycles. The molecule has 0 heterocycles. The number of hydrogen-bond donors (Lipinski definition) is 1. The number of hydrogen-bond acceptors (Lipinski definition) is 2. The Labute approximate surface area is 185 Å². The second-order valence-electron chi connectivity index (χ2n) is 7.38. The van der Waals surface area contributed by atoms with E-state index in [1.165, 1.54) is 12.1 Å². The highest BCUT2D eigenvalue weighted by molar-refractivity contribution is 5.72. The third-order valence-corrected chi connectivity index (χ3v) is 4.98. The first-order chi connectivity index (χ1) is 15.4. The molecule has 9 heteroatoms. The van der Waals surface area contributed by atoms with Gasteiger partial charge in [-0.25, -0.2) is 8.78 Å². The van der Waals surface area contributed by atoms with Crippen LogP contribution in [0.4, 0.5) is 30.7 Å². The van der Waals surface area contributed by atoms with E-state index < -0.39 is 52.1 Å². The Bertz CT molecular complexity index is 1110. The van der Waals surface area contributed by atoms with Crippen LogP contribution in [0, 0.1) is 11.6 Å². The van der Waals surface area contributed by atoms with Gasteiger partial charge in [0.2, 0.25) is 0 Å². The second kappa shape index (κ2) is 9.33. The number of benzene rings is 3. The number of phenolic OH excluding ortho intramolecular Hbond substituents is 1. The lowest BCUT2D eigenvalue weighted by molar-refractivity contribution is -0.189. The van der Waals surface area contributed by atoms with Gasteiger partial charge in [0.05, 0.1) is 11.1 Å². The quantitative estimate of drug-likeness (QED) is 0.355. The molecule has 0 saturated carbocycles. The fourth-order valence-corrected chi connectivity index (χ4v) is 3.28. The van der Waals surface area contributed by atoms with E-state index in [2.05, 4.69) is 4.74 Å². The first-order valence-electron chi connectivity index (χ1n) is 9.99. The number of ether oxygens (including phenoxy) is 1. The summed E-state index contributed by atoms with van der Waals surface area (Å²) in [5.74, 6) is -5.14. The van der Waals surface area contributed by atoms with Crippen LogP contribution in [0.2, 0.25) is 0 Å². The lowest BCUT2D eigenvalue weighted by atomic mass is 9.97. The van der Waals surface area contributed by atoms with Gasteiger partial charge in [-0.15, -0.1) is 0 Å². The third-order valence-electron chi connectivity index (χ3n) is 4.98. The van der Waals surface area contributed by atoms with Gasteiger partial charge in [0.15, 0.2) is 5.82 Å². The number of aryl methyl sites for hydroxylation is 1. The summed E-state index contributed by atoms with van der Waals surface area (Å²) < 4.78 is 101. The third kappa shape index (κ3) is 5.40. The van der Waals surface area contributed by atoms with Crippen molar-refractivity contribution in [2.24, 2.45) is 0 Å². The topological polar surface area (TPSA) is 29.5 Å². The van der Waals surface area contributed by atoms with Gasteiger partial charge >= 0.3 is 12.3 Å². The average molecular weight is 472 g/mol. The van der Waals surface area contributed by atoms with Gasteiger partial charge in [0, 0.05) is 6.07 Å². The molecule has 2 nitrogen and oxygen atoms in total. The van der Waals surface area contributed by atoms with Gasteiger partial charge < -0.3 is 9.84 Å². The molecule has 0 fully saturated rings. The molecule has 0 radical (unpaired) electrons. The van der Waals surface area contributed by atoms with Crippen molar-refractivity contribution in [2.45, 2.75) is 38.5 Å². The Kier molecular flexibility index (Phi) is 6.90. The highest BCUT2D eigenvalue weighted by Crippen LogP contribution is 2.42. The molecule has 0 saturated heterocycles. The summed E-state index contributed by atoms with van der Waals surface area (Å²) in [6.45, 7) is 2.01. The van der Waals surface area contributed by atoms with Crippen LogP contribution >= 0.6 is 0 Å². The Hall–Kier alpha value is -3.23. The van der Waals surface area contributed by atoms with Gasteiger partial charge in [-0.3, -0.25) is 0 Å². The largest absolute Gasteiger partial charge is 0.507 e. The molecule has 3 aromatic carbocycles. The monoisotopic (exact) mass is 472 g/mol. The van der Waals surface area contributed by atoms with E-state index in [0.29, 0.717) is 30.3 Å². The number of rotatable bonds is 7. The minimum Gasteiger partial charge on any atom is -0.507 e. The SMILES string of the molecule is CCCCc1ccc(-c2c(O)cc(F)c(C(F)(F)Oc3ccc(C(F)(F)F)cc3)c2F)cc1. The summed E-state index contributed by atoms with van der Waals surface area (Å²) in [7, 11) is 0. The molecule has 0 atom stereocenters. The zero-order valence-electron chi connectivity index (χ0n) is 17.3. The molecule has 3 aromatic rings. The summed E-state index contributed by atoms with van der Waals surface area (Å²) in [6.07, 6.45) is -6.67. The Morgan fingerprint density at radius 1 is 0.879 bits per heavy atom. The molecular formula is C24H19F7O2. The fourth-order valence-electron chi connectivity index (χ4n) is 3.28. The summed E-state index contributed by atoms with van der Waals surface area (Å²) in [6, 6.07) is 8.68. The first-order valence-corrected chi connectivity index (χ1v) is 9.99. The van der Waals surface area contributed by atoms with Crippen LogP contribution in [-0.4, -0.2) is 5.11 Å². The van der Waals surface area contributed by atoms with E-state index in [-0.39, 0.29) is 5.56 Å². The summed E-state index contributed by atoms with van der Waals surface area (Å²) >= 11 is 0. The van der Waals surface area contributed by atoms with Crippen LogP contribution < -0.4 is 4.74 Å². The molecule has 0 bridgehead atoms. The highest BCUT2D eigenvalue weighted by Gasteiger charge is 2.43. The van der Waals surface area contributed by atoms with Gasteiger partial charge in [-0.1, -0.05) is 37.6 Å². The average Bonchev–Trinajstić information content (AvgIpc) is 2.72. The zero-order chi connectivity index (χ0) is 24.4. The highest BCUT2D eigenvalue weighted by atomic mass is 19.4. The molecule has 0 aliphatic rings. The van der Waals surface area contributed by atoms with Crippen LogP contribution in [0.1, 0.15) is 36.5 Å². The molecule has 0 spiro atoms. The summed E-state index contributed by atoms with van der Waals surface area (Å²) in [5, 5.41) is 10.1. The number of aromatic hydroxyl groups is 1. The van der Waals surface area contributed by atoms with E-state index in [1.54, 1.807) is 12.1 Å². The van der Waals surface area contributed by atoms with E-state index in [9.17, 15) is 31.4 Å². The van der Waals surface area contributed by atoms with Gasteiger partial charge in [0.1, 0.15) is 22.9 Å². The number of halogens is 7. The van der Waals surface area contributed by atoms with Gasteiger partial charge in [-0.05, 0) is 48.2 Å². The van der Waals surface area contributed by atoms with Crippen molar-refractivity contribution in [1.29, 1.82) is 0 Å². The van der Waals surface area contributed by atoms with Crippen LogP contribution in [0.25, 0.3) is 11.1 Å². The molecule has 176 valence electrons. The van der Waals surface area contributed by atoms with Crippen molar-refractivity contribution in [1.82, 2.24) is 0 Å². The molecule has 0 unspecified atom stereocenters. The predicted octanol–water partition coefficient (Wildman–Crippen LogP) is 7.83. The maximum Gasteiger partial charge on any atom is 0.432 e. The van der Waals surface area contributed by atoms with Crippen molar-refractivity contribution in [3.63, 3.8) is 0 Å². The van der Waals surface area contributed by atoms with E-state index in [1.807, 2.05) is 6.92 Å². The summed E-state index contributed by atoms with van der Waals surface area (Å²) in [4.78, 5) is 0. The Morgan fingerprint density at radius 2 is 1.48 bits per heavy atom. The number of alkyl halides is 5. The van der Waals surface area contributed by atoms with Crippen molar-refractivity contribution >= 4 is 0 Å². The van der Waals surface area contributed by atoms with Crippen molar-refractivity contribution in [3.8, 4) is 22.6 Å². The van der Waals surface area contributed by atoms with Crippen LogP contribution in [0.15, 0.2) is 54.6 Å². The molecule has 0 aliphatic heterocycles. The van der Waals surface area contributed by atoms with Crippen molar-refractivity contribution in [3.05, 3.63) is 82.9 Å². The Morgan fingerprint density at radius 3 is 2.03 bits per heavy atom. The molecule has 3 rings (SSSR count). The fraction of sp³-hybridized carbons (Fsp3) is 0.250. The molecule has 33 heavy (non-hydrogen) atoms. The van der Waals surface area contributed by atoms with Gasteiger partial charge in [-0.2, -0.15) is 22.0 Å². The zero-order valence-corrected chi connectivity index (χ0v) is 17.3. The number of phenols is 1. The maximum absolute atomic E-state index is 15.1. The lowest BCUT2D eigenvalue weighted by Gasteiger charge is -2.21. The van der Waals surface area contributed by atoms with Crippen LogP contribution in [-0.2, 0) is 18.7 Å². The summed E-state index contributed by atoms with van der Waals surface area (Å²) in [5.41, 5.74) is -2.57. The van der Waals surface area contributed by atoms with E-state index >= 15 is 4.39 Å². The number of unbranched alkanes of at least 4 members (excludes halogenated alkanes) is 1. The van der Waals surface area contributed by atoms with Crippen LogP contribution in [0.5, 0.6) is 11.5 Å². The minimum atomic E-state index is -4.70. The van der Waals surface area contributed by atoms with Gasteiger partial charge in [0.25, 0.3) is 0 Å². The first kappa shape index (κ1) is 24.4. The molecule has 0 amide bonds. The van der Waals surface area contributed by atoms with Crippen molar-refractivity contribution in [2.75, 3.05) is 0 Å². The predicted molar refractivity (Wildman–Crippen MR) is 108 cm³/mol. The molecule has 1 N–H and O–H groups in total. The smallest absolute Gasteiger partial charge is 0.432 e. The van der Waals surface area contributed by atoms with E-state index in [0.717, 1.165) is 24.8 Å².